The number of nitrogens with two attached hydrogens (primary N) is 1. The first-order valence-corrected chi connectivity index (χ1v) is 12.8. The number of sulfonamides is 1. The predicted molar refractivity (Wildman–Crippen MR) is 129 cm³/mol. The molecule has 1 aliphatic rings. The van der Waals surface area contributed by atoms with Crippen molar-refractivity contribution in [2.45, 2.75) is 43.7 Å². The lowest BCUT2D eigenvalue weighted by molar-refractivity contribution is 0.0851. The number of piperidine rings is 1. The fourth-order valence-electron chi connectivity index (χ4n) is 3.80. The maximum atomic E-state index is 11.6. The van der Waals surface area contributed by atoms with E-state index in [-0.39, 0.29) is 11.0 Å². The summed E-state index contributed by atoms with van der Waals surface area (Å²) in [6.07, 6.45) is 3.76. The Morgan fingerprint density at radius 2 is 1.97 bits per heavy atom. The monoisotopic (exact) mass is 519 g/mol. The summed E-state index contributed by atoms with van der Waals surface area (Å²) in [7, 11) is -3.80. The molecular weight excluding hydrogens is 494 g/mol. The molecule has 2 heterocycles. The van der Waals surface area contributed by atoms with Crippen LogP contribution in [-0.2, 0) is 10.0 Å². The van der Waals surface area contributed by atoms with Crippen molar-refractivity contribution >= 4 is 48.5 Å². The van der Waals surface area contributed by atoms with E-state index in [1.807, 2.05) is 12.1 Å². The van der Waals surface area contributed by atoms with Gasteiger partial charge in [-0.3, -0.25) is 0 Å². The molecule has 0 spiro atoms. The van der Waals surface area contributed by atoms with Gasteiger partial charge in [0.2, 0.25) is 16.0 Å². The van der Waals surface area contributed by atoms with Gasteiger partial charge in [-0.05, 0) is 57.0 Å². The molecule has 0 bridgehead atoms. The van der Waals surface area contributed by atoms with Gasteiger partial charge in [-0.15, -0.1) is 0 Å². The Kier molecular flexibility index (Phi) is 6.66. The molecule has 1 saturated heterocycles. The first-order valence-electron chi connectivity index (χ1n) is 10.5. The number of benzene rings is 2. The van der Waals surface area contributed by atoms with Gasteiger partial charge in [-0.1, -0.05) is 22.0 Å². The number of hydrogen-bond donors (Lipinski definition) is 2. The van der Waals surface area contributed by atoms with Crippen molar-refractivity contribution in [2.75, 3.05) is 18.4 Å². The van der Waals surface area contributed by atoms with Gasteiger partial charge in [0.1, 0.15) is 17.4 Å². The molecule has 0 atom stereocenters. The number of aromatic nitrogens is 2. The molecule has 10 heteroatoms. The normalized spacial score (nSPS) is 15.9. The van der Waals surface area contributed by atoms with E-state index in [4.69, 9.17) is 9.88 Å². The van der Waals surface area contributed by atoms with Crippen LogP contribution in [0.25, 0.3) is 10.9 Å². The standard InChI is InChI=1S/C22H26BrN5O3S/c1-14(2)28-8-6-18(7-9-28)31-20-11-16(23)10-15-13-25-22(27-21(15)20)26-17-4-3-5-19(12-17)32(24,29)30/h3-5,10-14,18H,6-9H2,1-2H3,(H2,24,29,30)(H,25,26,27). The molecule has 8 nitrogen and oxygen atoms in total. The largest absolute Gasteiger partial charge is 0.488 e. The van der Waals surface area contributed by atoms with Gasteiger partial charge in [0.25, 0.3) is 0 Å². The number of rotatable bonds is 6. The van der Waals surface area contributed by atoms with Crippen molar-refractivity contribution in [1.29, 1.82) is 0 Å². The van der Waals surface area contributed by atoms with Crippen LogP contribution in [-0.4, -0.2) is 48.5 Å². The minimum Gasteiger partial charge on any atom is -0.488 e. The average Bonchev–Trinajstić information content (AvgIpc) is 2.74. The number of likely N-dealkylation sites (tertiary alicyclic amines) is 1. The Morgan fingerprint density at radius 1 is 1.22 bits per heavy atom. The summed E-state index contributed by atoms with van der Waals surface area (Å²) in [5.74, 6) is 1.03. The third kappa shape index (κ3) is 5.37. The molecule has 3 aromatic rings. The highest BCUT2D eigenvalue weighted by Gasteiger charge is 2.23. The smallest absolute Gasteiger partial charge is 0.238 e. The number of fused-ring (bicyclic) bond motifs is 1. The van der Waals surface area contributed by atoms with Gasteiger partial charge in [-0.25, -0.2) is 23.5 Å². The van der Waals surface area contributed by atoms with Crippen LogP contribution in [0.4, 0.5) is 11.6 Å². The molecule has 3 N–H and O–H groups in total. The summed E-state index contributed by atoms with van der Waals surface area (Å²) >= 11 is 3.55. The Labute approximate surface area is 196 Å². The maximum absolute atomic E-state index is 11.6. The van der Waals surface area contributed by atoms with Crippen LogP contribution >= 0.6 is 15.9 Å². The molecular formula is C22H26BrN5O3S. The number of nitrogens with one attached hydrogen (secondary N) is 1. The topological polar surface area (TPSA) is 110 Å². The van der Waals surface area contributed by atoms with Crippen LogP contribution in [0, 0.1) is 0 Å². The number of halogens is 1. The lowest BCUT2D eigenvalue weighted by Gasteiger charge is -2.34. The third-order valence-electron chi connectivity index (χ3n) is 5.53. The molecule has 0 saturated carbocycles. The van der Waals surface area contributed by atoms with Gasteiger partial charge in [0, 0.05) is 40.9 Å². The third-order valence-corrected chi connectivity index (χ3v) is 6.90. The highest BCUT2D eigenvalue weighted by atomic mass is 79.9. The van der Waals surface area contributed by atoms with E-state index in [1.54, 1.807) is 18.3 Å². The van der Waals surface area contributed by atoms with E-state index in [9.17, 15) is 8.42 Å². The fraction of sp³-hybridized carbons (Fsp3) is 0.364. The molecule has 0 amide bonds. The zero-order valence-electron chi connectivity index (χ0n) is 18.0. The van der Waals surface area contributed by atoms with Crippen LogP contribution in [0.3, 0.4) is 0 Å². The van der Waals surface area contributed by atoms with Crippen molar-refractivity contribution in [3.63, 3.8) is 0 Å². The summed E-state index contributed by atoms with van der Waals surface area (Å²) < 4.78 is 30.5. The second-order valence-corrected chi connectivity index (χ2v) is 10.7. The number of hydrogen-bond acceptors (Lipinski definition) is 7. The van der Waals surface area contributed by atoms with Gasteiger partial charge in [-0.2, -0.15) is 0 Å². The van der Waals surface area contributed by atoms with Crippen LogP contribution < -0.4 is 15.2 Å². The molecule has 170 valence electrons. The van der Waals surface area contributed by atoms with Gasteiger partial charge >= 0.3 is 0 Å². The van der Waals surface area contributed by atoms with Crippen LogP contribution in [0.5, 0.6) is 5.75 Å². The van der Waals surface area contributed by atoms with Crippen molar-refractivity contribution in [1.82, 2.24) is 14.9 Å². The van der Waals surface area contributed by atoms with Crippen molar-refractivity contribution in [3.05, 3.63) is 47.1 Å². The Bertz CT molecular complexity index is 1230. The zero-order valence-corrected chi connectivity index (χ0v) is 20.4. The van der Waals surface area contributed by atoms with E-state index in [0.717, 1.165) is 35.8 Å². The molecule has 1 aromatic heterocycles. The predicted octanol–water partition coefficient (Wildman–Crippen LogP) is 4.03. The van der Waals surface area contributed by atoms with Crippen LogP contribution in [0.1, 0.15) is 26.7 Å². The van der Waals surface area contributed by atoms with Gasteiger partial charge in [0.15, 0.2) is 0 Å². The van der Waals surface area contributed by atoms with Crippen molar-refractivity contribution in [2.24, 2.45) is 5.14 Å². The molecule has 0 aliphatic carbocycles. The Hall–Kier alpha value is -2.27. The summed E-state index contributed by atoms with van der Waals surface area (Å²) in [6, 6.07) is 10.6. The highest BCUT2D eigenvalue weighted by Crippen LogP contribution is 2.32. The number of anilines is 2. The SMILES string of the molecule is CC(C)N1CCC(Oc2cc(Br)cc3cnc(Nc4cccc(S(N)(=O)=O)c4)nc23)CC1. The minimum atomic E-state index is -3.80. The Morgan fingerprint density at radius 3 is 2.66 bits per heavy atom. The van der Waals surface area contributed by atoms with E-state index in [1.165, 1.54) is 12.1 Å². The molecule has 0 unspecified atom stereocenters. The molecule has 1 fully saturated rings. The second kappa shape index (κ2) is 9.30. The lowest BCUT2D eigenvalue weighted by Crippen LogP contribution is -2.41. The quantitative estimate of drug-likeness (QED) is 0.505. The number of ether oxygens (including phenoxy) is 1. The summed E-state index contributed by atoms with van der Waals surface area (Å²) in [5.41, 5.74) is 1.22. The highest BCUT2D eigenvalue weighted by molar-refractivity contribution is 9.10. The zero-order chi connectivity index (χ0) is 22.9. The second-order valence-electron chi connectivity index (χ2n) is 8.18. The molecule has 1 aliphatic heterocycles. The van der Waals surface area contributed by atoms with E-state index < -0.39 is 10.0 Å². The summed E-state index contributed by atoms with van der Waals surface area (Å²) in [5, 5.41) is 9.13. The first kappa shape index (κ1) is 22.9. The maximum Gasteiger partial charge on any atom is 0.238 e. The molecule has 32 heavy (non-hydrogen) atoms. The van der Waals surface area contributed by atoms with Crippen LogP contribution in [0.15, 0.2) is 52.0 Å². The number of nitrogens with zero attached hydrogens (tertiary/aromatic N) is 3. The summed E-state index contributed by atoms with van der Waals surface area (Å²) in [6.45, 7) is 6.45. The van der Waals surface area contributed by atoms with Crippen molar-refractivity contribution < 1.29 is 13.2 Å². The van der Waals surface area contributed by atoms with Gasteiger partial charge < -0.3 is 15.0 Å². The minimum absolute atomic E-state index is 0.0176. The fourth-order valence-corrected chi connectivity index (χ4v) is 4.81. The van der Waals surface area contributed by atoms with E-state index >= 15 is 0 Å². The first-order chi connectivity index (χ1) is 15.2. The van der Waals surface area contributed by atoms with E-state index in [2.05, 4.69) is 50.0 Å². The summed E-state index contributed by atoms with van der Waals surface area (Å²) in [4.78, 5) is 11.5. The lowest BCUT2D eigenvalue weighted by atomic mass is 10.1. The Balaban J connectivity index is 1.59. The van der Waals surface area contributed by atoms with Gasteiger partial charge in [0.05, 0.1) is 4.90 Å². The molecule has 4 rings (SSSR count). The average molecular weight is 520 g/mol. The molecule has 0 radical (unpaired) electrons. The van der Waals surface area contributed by atoms with E-state index in [0.29, 0.717) is 28.9 Å². The van der Waals surface area contributed by atoms with Crippen molar-refractivity contribution in [3.8, 4) is 5.75 Å². The number of primary sulfonamides is 1. The van der Waals surface area contributed by atoms with Crippen LogP contribution in [0.2, 0.25) is 0 Å². The molecule has 2 aromatic carbocycles.